The molecule has 30 heavy (non-hydrogen) atoms. The summed E-state index contributed by atoms with van der Waals surface area (Å²) in [5, 5.41) is 0.996. The SMILES string of the molecule is COc1cc2occ(-c3cccc(Br)c3)c2cc1/C(C)=C/C(=O)N1CCCCC1C. The minimum Gasteiger partial charge on any atom is -0.496 e. The van der Waals surface area contributed by atoms with E-state index in [0.29, 0.717) is 5.75 Å². The molecule has 0 radical (unpaired) electrons. The summed E-state index contributed by atoms with van der Waals surface area (Å²) in [6, 6.07) is 12.4. The lowest BCUT2D eigenvalue weighted by molar-refractivity contribution is -0.129. The number of carbonyl (C=O) groups excluding carboxylic acids is 1. The fraction of sp³-hybridized carbons (Fsp3) is 0.320. The van der Waals surface area contributed by atoms with Crippen LogP contribution in [0, 0.1) is 0 Å². The van der Waals surface area contributed by atoms with Gasteiger partial charge in [-0.3, -0.25) is 4.79 Å². The van der Waals surface area contributed by atoms with E-state index in [1.54, 1.807) is 19.4 Å². The van der Waals surface area contributed by atoms with Gasteiger partial charge in [0.15, 0.2) is 0 Å². The Morgan fingerprint density at radius 2 is 2.10 bits per heavy atom. The number of hydrogen-bond donors (Lipinski definition) is 0. The van der Waals surface area contributed by atoms with E-state index >= 15 is 0 Å². The van der Waals surface area contributed by atoms with Gasteiger partial charge in [0.1, 0.15) is 11.3 Å². The van der Waals surface area contributed by atoms with E-state index in [9.17, 15) is 4.79 Å². The molecule has 1 amide bonds. The fourth-order valence-corrected chi connectivity index (χ4v) is 4.58. The third kappa shape index (κ3) is 4.04. The number of methoxy groups -OCH3 is 1. The maximum atomic E-state index is 12.9. The standard InChI is InChI=1S/C25H26BrNO3/c1-16(11-25(28)27-10-5-4-7-17(27)2)20-13-21-22(18-8-6-9-19(26)12-18)15-30-24(21)14-23(20)29-3/h6,8-9,11-15,17H,4-5,7,10H2,1-3H3/b16-11+. The van der Waals surface area contributed by atoms with Crippen LogP contribution in [0.4, 0.5) is 0 Å². The molecule has 1 unspecified atom stereocenters. The Balaban J connectivity index is 1.75. The number of nitrogens with zero attached hydrogens (tertiary/aromatic N) is 1. The number of hydrogen-bond acceptors (Lipinski definition) is 3. The molecule has 2 heterocycles. The van der Waals surface area contributed by atoms with Crippen LogP contribution in [-0.4, -0.2) is 30.5 Å². The van der Waals surface area contributed by atoms with Gasteiger partial charge in [-0.05, 0) is 62.4 Å². The Bertz CT molecular complexity index is 1110. The molecule has 1 saturated heterocycles. The average molecular weight is 468 g/mol. The zero-order valence-electron chi connectivity index (χ0n) is 17.6. The number of rotatable bonds is 4. The van der Waals surface area contributed by atoms with Gasteiger partial charge in [-0.15, -0.1) is 0 Å². The number of carbonyl (C=O) groups is 1. The van der Waals surface area contributed by atoms with Gasteiger partial charge in [-0.25, -0.2) is 0 Å². The molecule has 0 bridgehead atoms. The highest BCUT2D eigenvalue weighted by Gasteiger charge is 2.22. The van der Waals surface area contributed by atoms with E-state index in [0.717, 1.165) is 57.1 Å². The van der Waals surface area contributed by atoms with Crippen molar-refractivity contribution in [3.05, 3.63) is 58.8 Å². The van der Waals surface area contributed by atoms with Gasteiger partial charge in [0.05, 0.1) is 13.4 Å². The van der Waals surface area contributed by atoms with Crippen LogP contribution in [0.5, 0.6) is 5.75 Å². The molecule has 4 rings (SSSR count). The molecule has 0 saturated carbocycles. The van der Waals surface area contributed by atoms with Gasteiger partial charge < -0.3 is 14.1 Å². The Morgan fingerprint density at radius 3 is 2.83 bits per heavy atom. The lowest BCUT2D eigenvalue weighted by atomic mass is 9.98. The molecule has 0 aliphatic carbocycles. The second kappa shape index (κ2) is 8.68. The molecule has 2 aromatic carbocycles. The highest BCUT2D eigenvalue weighted by molar-refractivity contribution is 9.10. The number of likely N-dealkylation sites (tertiary alicyclic amines) is 1. The average Bonchev–Trinajstić information content (AvgIpc) is 3.15. The number of fused-ring (bicyclic) bond motifs is 1. The van der Waals surface area contributed by atoms with Crippen molar-refractivity contribution in [3.63, 3.8) is 0 Å². The molecule has 156 valence electrons. The van der Waals surface area contributed by atoms with Crippen LogP contribution < -0.4 is 4.74 Å². The topological polar surface area (TPSA) is 42.7 Å². The molecule has 0 spiro atoms. The third-order valence-electron chi connectivity index (χ3n) is 5.88. The largest absolute Gasteiger partial charge is 0.496 e. The zero-order valence-corrected chi connectivity index (χ0v) is 19.2. The first-order chi connectivity index (χ1) is 14.5. The van der Waals surface area contributed by atoms with Crippen molar-refractivity contribution in [2.45, 2.75) is 39.2 Å². The zero-order chi connectivity index (χ0) is 21.3. The minimum atomic E-state index is 0.0706. The lowest BCUT2D eigenvalue weighted by Gasteiger charge is -2.32. The van der Waals surface area contributed by atoms with Gasteiger partial charge in [0.2, 0.25) is 5.91 Å². The maximum absolute atomic E-state index is 12.9. The Kier molecular flexibility index (Phi) is 6.00. The summed E-state index contributed by atoms with van der Waals surface area (Å²) in [5.41, 5.74) is 4.63. The van der Waals surface area contributed by atoms with E-state index in [1.807, 2.05) is 30.0 Å². The number of halogens is 1. The number of piperidine rings is 1. The van der Waals surface area contributed by atoms with Crippen molar-refractivity contribution in [2.24, 2.45) is 0 Å². The Labute approximate surface area is 185 Å². The second-order valence-corrected chi connectivity index (χ2v) is 8.83. The lowest BCUT2D eigenvalue weighted by Crippen LogP contribution is -2.41. The van der Waals surface area contributed by atoms with Crippen LogP contribution in [-0.2, 0) is 4.79 Å². The Hall–Kier alpha value is -2.53. The van der Waals surface area contributed by atoms with Crippen LogP contribution in [0.3, 0.4) is 0 Å². The predicted molar refractivity (Wildman–Crippen MR) is 125 cm³/mol. The normalized spacial score (nSPS) is 17.4. The van der Waals surface area contributed by atoms with E-state index in [-0.39, 0.29) is 11.9 Å². The number of furan rings is 1. The van der Waals surface area contributed by atoms with Gasteiger partial charge in [0, 0.05) is 45.7 Å². The molecule has 5 heteroatoms. The second-order valence-electron chi connectivity index (χ2n) is 7.91. The molecule has 0 N–H and O–H groups in total. The Morgan fingerprint density at radius 1 is 1.27 bits per heavy atom. The predicted octanol–water partition coefficient (Wildman–Crippen LogP) is 6.68. The first-order valence-electron chi connectivity index (χ1n) is 10.3. The molecular weight excluding hydrogens is 442 g/mol. The van der Waals surface area contributed by atoms with Crippen LogP contribution in [0.2, 0.25) is 0 Å². The molecule has 1 aromatic heterocycles. The van der Waals surface area contributed by atoms with Crippen LogP contribution in [0.1, 0.15) is 38.7 Å². The van der Waals surface area contributed by atoms with Crippen molar-refractivity contribution < 1.29 is 13.9 Å². The first kappa shape index (κ1) is 20.7. The molecule has 1 atom stereocenters. The summed E-state index contributed by atoms with van der Waals surface area (Å²) in [6.07, 6.45) is 6.85. The minimum absolute atomic E-state index is 0.0706. The van der Waals surface area contributed by atoms with E-state index < -0.39 is 0 Å². The maximum Gasteiger partial charge on any atom is 0.247 e. The number of ether oxygens (including phenoxy) is 1. The van der Waals surface area contributed by atoms with E-state index in [2.05, 4.69) is 41.1 Å². The van der Waals surface area contributed by atoms with Crippen LogP contribution in [0.15, 0.2) is 57.6 Å². The van der Waals surface area contributed by atoms with Crippen LogP contribution in [0.25, 0.3) is 27.7 Å². The molecule has 1 aliphatic heterocycles. The third-order valence-corrected chi connectivity index (χ3v) is 6.38. The summed E-state index contributed by atoms with van der Waals surface area (Å²) in [4.78, 5) is 14.9. The number of allylic oxidation sites excluding steroid dienone is 1. The molecule has 1 fully saturated rings. The summed E-state index contributed by atoms with van der Waals surface area (Å²) in [5.74, 6) is 0.771. The summed E-state index contributed by atoms with van der Waals surface area (Å²) >= 11 is 3.54. The number of benzene rings is 2. The quantitative estimate of drug-likeness (QED) is 0.402. The monoisotopic (exact) mass is 467 g/mol. The number of amides is 1. The van der Waals surface area contributed by atoms with Crippen LogP contribution >= 0.6 is 15.9 Å². The van der Waals surface area contributed by atoms with Crippen molar-refractivity contribution in [2.75, 3.05) is 13.7 Å². The van der Waals surface area contributed by atoms with E-state index in [4.69, 9.17) is 9.15 Å². The smallest absolute Gasteiger partial charge is 0.247 e. The van der Waals surface area contributed by atoms with Gasteiger partial charge in [-0.1, -0.05) is 28.1 Å². The molecule has 3 aromatic rings. The molecule has 1 aliphatic rings. The highest BCUT2D eigenvalue weighted by atomic mass is 79.9. The summed E-state index contributed by atoms with van der Waals surface area (Å²) in [7, 11) is 1.64. The first-order valence-corrected chi connectivity index (χ1v) is 11.1. The van der Waals surface area contributed by atoms with Gasteiger partial charge >= 0.3 is 0 Å². The molecule has 4 nitrogen and oxygen atoms in total. The fourth-order valence-electron chi connectivity index (χ4n) is 4.18. The summed E-state index contributed by atoms with van der Waals surface area (Å²) in [6.45, 7) is 4.92. The molecular formula is C25H26BrNO3. The van der Waals surface area contributed by atoms with Crippen molar-refractivity contribution in [3.8, 4) is 16.9 Å². The van der Waals surface area contributed by atoms with Crippen molar-refractivity contribution >= 4 is 38.4 Å². The van der Waals surface area contributed by atoms with Gasteiger partial charge in [0.25, 0.3) is 0 Å². The summed E-state index contributed by atoms with van der Waals surface area (Å²) < 4.78 is 12.5. The van der Waals surface area contributed by atoms with E-state index in [1.165, 1.54) is 6.42 Å². The van der Waals surface area contributed by atoms with Gasteiger partial charge in [-0.2, -0.15) is 0 Å². The van der Waals surface area contributed by atoms with Crippen molar-refractivity contribution in [1.29, 1.82) is 0 Å². The van der Waals surface area contributed by atoms with Crippen molar-refractivity contribution in [1.82, 2.24) is 4.90 Å². The highest BCUT2D eigenvalue weighted by Crippen LogP contribution is 2.38.